The molecule has 14 heteroatoms. The number of benzene rings is 1. The van der Waals surface area contributed by atoms with E-state index in [0.717, 1.165) is 17.0 Å². The number of H-pyrrole nitrogens is 2. The second kappa shape index (κ2) is 10.5. The molecule has 1 aliphatic heterocycles. The van der Waals surface area contributed by atoms with Gasteiger partial charge in [0.15, 0.2) is 0 Å². The molecule has 1 aromatic heterocycles. The van der Waals surface area contributed by atoms with Crippen LogP contribution in [-0.4, -0.2) is 58.2 Å². The van der Waals surface area contributed by atoms with Crippen molar-refractivity contribution in [1.82, 2.24) is 20.2 Å². The lowest BCUT2D eigenvalue weighted by Crippen LogP contribution is -2.54. The summed E-state index contributed by atoms with van der Waals surface area (Å²) < 4.78 is 86.2. The van der Waals surface area contributed by atoms with Crippen molar-refractivity contribution in [3.63, 3.8) is 0 Å². The SMILES string of the molecule is CC(C)[C@]1(C(=O)NCc2cc(C(F)(F)F)cc3[nH]c(=O)[nH]c23)CC[C@@H](N(C(=O)C(F)(F)F)C2CCOCC2)C1. The lowest BCUT2D eigenvalue weighted by Gasteiger charge is -2.40. The molecule has 216 valence electrons. The third kappa shape index (κ3) is 5.80. The Kier molecular flexibility index (Phi) is 7.80. The minimum Gasteiger partial charge on any atom is -0.381 e. The minimum atomic E-state index is -5.08. The number of carbonyl (C=O) groups is 2. The summed E-state index contributed by atoms with van der Waals surface area (Å²) in [5.41, 5.74) is -2.81. The number of imidazole rings is 1. The highest BCUT2D eigenvalue weighted by atomic mass is 19.4. The van der Waals surface area contributed by atoms with Crippen LogP contribution in [0, 0.1) is 11.3 Å². The number of nitrogens with one attached hydrogen (secondary N) is 3. The van der Waals surface area contributed by atoms with E-state index in [4.69, 9.17) is 4.74 Å². The van der Waals surface area contributed by atoms with Crippen molar-refractivity contribution >= 4 is 22.8 Å². The number of carbonyl (C=O) groups excluding carboxylic acids is 2. The molecule has 0 spiro atoms. The summed E-state index contributed by atoms with van der Waals surface area (Å²) in [6.45, 7) is 3.59. The average Bonchev–Trinajstić information content (AvgIpc) is 3.46. The third-order valence-electron chi connectivity index (χ3n) is 8.01. The van der Waals surface area contributed by atoms with Gasteiger partial charge in [0, 0.05) is 31.8 Å². The van der Waals surface area contributed by atoms with Gasteiger partial charge in [0.1, 0.15) is 0 Å². The molecule has 3 N–H and O–H groups in total. The number of halogens is 6. The Balaban J connectivity index is 1.59. The maximum atomic E-state index is 13.6. The summed E-state index contributed by atoms with van der Waals surface area (Å²) in [7, 11) is 0. The van der Waals surface area contributed by atoms with Crippen molar-refractivity contribution < 1.29 is 40.7 Å². The number of nitrogens with zero attached hydrogens (tertiary/aromatic N) is 1. The third-order valence-corrected chi connectivity index (χ3v) is 8.01. The first-order chi connectivity index (χ1) is 18.1. The van der Waals surface area contributed by atoms with Crippen LogP contribution in [0.25, 0.3) is 11.0 Å². The lowest BCUT2D eigenvalue weighted by molar-refractivity contribution is -0.192. The molecule has 0 bridgehead atoms. The fourth-order valence-electron chi connectivity index (χ4n) is 5.89. The molecule has 2 aromatic rings. The number of alkyl halides is 6. The smallest absolute Gasteiger partial charge is 0.381 e. The Morgan fingerprint density at radius 3 is 2.33 bits per heavy atom. The molecule has 2 amide bonds. The predicted octanol–water partition coefficient (Wildman–Crippen LogP) is 4.26. The first-order valence-corrected chi connectivity index (χ1v) is 12.7. The number of hydrogen-bond acceptors (Lipinski definition) is 4. The predicted molar refractivity (Wildman–Crippen MR) is 127 cm³/mol. The van der Waals surface area contributed by atoms with Gasteiger partial charge in [0.05, 0.1) is 22.0 Å². The molecule has 2 atom stereocenters. The highest BCUT2D eigenvalue weighted by molar-refractivity contribution is 5.86. The molecule has 1 aliphatic carbocycles. The molecule has 1 saturated heterocycles. The molecular formula is C25H30F6N4O4. The van der Waals surface area contributed by atoms with E-state index in [1.54, 1.807) is 13.8 Å². The van der Waals surface area contributed by atoms with E-state index in [0.29, 0.717) is 0 Å². The van der Waals surface area contributed by atoms with Gasteiger partial charge < -0.3 is 24.9 Å². The molecule has 4 rings (SSSR count). The van der Waals surface area contributed by atoms with E-state index in [1.165, 1.54) is 0 Å². The van der Waals surface area contributed by atoms with E-state index in [1.807, 2.05) is 0 Å². The van der Waals surface area contributed by atoms with Gasteiger partial charge in [0.25, 0.3) is 0 Å². The summed E-state index contributed by atoms with van der Waals surface area (Å²) >= 11 is 0. The van der Waals surface area contributed by atoms with Gasteiger partial charge in [-0.05, 0) is 55.7 Å². The molecule has 0 radical (unpaired) electrons. The number of aromatic nitrogens is 2. The Morgan fingerprint density at radius 2 is 1.74 bits per heavy atom. The Hall–Kier alpha value is -3.03. The Labute approximate surface area is 219 Å². The van der Waals surface area contributed by atoms with E-state index in [2.05, 4.69) is 15.3 Å². The topological polar surface area (TPSA) is 107 Å². The van der Waals surface area contributed by atoms with E-state index >= 15 is 0 Å². The molecular weight excluding hydrogens is 534 g/mol. The first-order valence-electron chi connectivity index (χ1n) is 12.7. The van der Waals surface area contributed by atoms with Gasteiger partial charge in [-0.3, -0.25) is 9.59 Å². The van der Waals surface area contributed by atoms with Gasteiger partial charge in [0.2, 0.25) is 5.91 Å². The molecule has 2 aliphatic rings. The van der Waals surface area contributed by atoms with E-state index < -0.39 is 52.9 Å². The summed E-state index contributed by atoms with van der Waals surface area (Å²) in [6, 6.07) is 0.114. The monoisotopic (exact) mass is 564 g/mol. The van der Waals surface area contributed by atoms with Crippen LogP contribution in [0.15, 0.2) is 16.9 Å². The zero-order valence-corrected chi connectivity index (χ0v) is 21.4. The fourth-order valence-corrected chi connectivity index (χ4v) is 5.89. The van der Waals surface area contributed by atoms with Gasteiger partial charge in [-0.25, -0.2) is 4.79 Å². The van der Waals surface area contributed by atoms with Crippen LogP contribution in [0.1, 0.15) is 57.1 Å². The van der Waals surface area contributed by atoms with Crippen LogP contribution in [0.5, 0.6) is 0 Å². The maximum Gasteiger partial charge on any atom is 0.471 e. The second-order valence-corrected chi connectivity index (χ2v) is 10.6. The van der Waals surface area contributed by atoms with Crippen LogP contribution >= 0.6 is 0 Å². The van der Waals surface area contributed by atoms with Crippen molar-refractivity contribution in [2.24, 2.45) is 11.3 Å². The number of rotatable bonds is 6. The van der Waals surface area contributed by atoms with Gasteiger partial charge >= 0.3 is 23.9 Å². The van der Waals surface area contributed by atoms with Crippen molar-refractivity contribution in [2.45, 2.75) is 76.9 Å². The molecule has 8 nitrogen and oxygen atoms in total. The van der Waals surface area contributed by atoms with Crippen LogP contribution in [-0.2, 0) is 27.0 Å². The highest BCUT2D eigenvalue weighted by Gasteiger charge is 2.54. The van der Waals surface area contributed by atoms with E-state index in [-0.39, 0.29) is 74.4 Å². The van der Waals surface area contributed by atoms with Gasteiger partial charge in [-0.2, -0.15) is 26.3 Å². The van der Waals surface area contributed by atoms with Gasteiger partial charge in [-0.1, -0.05) is 13.8 Å². The quantitative estimate of drug-likeness (QED) is 0.456. The minimum absolute atomic E-state index is 0.0192. The Bertz CT molecular complexity index is 1280. The normalized spacial score (nSPS) is 22.9. The van der Waals surface area contributed by atoms with E-state index in [9.17, 15) is 40.7 Å². The van der Waals surface area contributed by atoms with Crippen LogP contribution < -0.4 is 11.0 Å². The molecule has 1 saturated carbocycles. The summed E-state index contributed by atoms with van der Waals surface area (Å²) in [5.74, 6) is -2.81. The molecule has 2 fully saturated rings. The zero-order chi connectivity index (χ0) is 28.8. The number of fused-ring (bicyclic) bond motifs is 1. The molecule has 0 unspecified atom stereocenters. The highest BCUT2D eigenvalue weighted by Crippen LogP contribution is 2.48. The van der Waals surface area contributed by atoms with Crippen molar-refractivity contribution in [1.29, 1.82) is 0 Å². The van der Waals surface area contributed by atoms with Gasteiger partial charge in [-0.15, -0.1) is 0 Å². The van der Waals surface area contributed by atoms with Crippen LogP contribution in [0.3, 0.4) is 0 Å². The average molecular weight is 565 g/mol. The lowest BCUT2D eigenvalue weighted by atomic mass is 9.74. The number of aromatic amines is 2. The number of ether oxygens (including phenoxy) is 1. The maximum absolute atomic E-state index is 13.6. The molecule has 2 heterocycles. The number of amides is 2. The zero-order valence-electron chi connectivity index (χ0n) is 21.4. The standard InChI is InChI=1S/C25H30F6N4O4/c1-13(2)23(6-3-17(11-23)35(21(37)25(29,30)31)16-4-7-39-8-5-16)20(36)32-12-14-9-15(24(26,27)28)10-18-19(14)34-22(38)33-18/h9-10,13,16-17H,3-8,11-12H2,1-2H3,(H,32,36)(H2,33,34,38)/t17-,23+/m1/s1. The van der Waals surface area contributed by atoms with Crippen LogP contribution in [0.2, 0.25) is 0 Å². The largest absolute Gasteiger partial charge is 0.471 e. The second-order valence-electron chi connectivity index (χ2n) is 10.6. The van der Waals surface area contributed by atoms with Crippen LogP contribution in [0.4, 0.5) is 26.3 Å². The first kappa shape index (κ1) is 29.0. The molecule has 1 aromatic carbocycles. The summed E-state index contributed by atoms with van der Waals surface area (Å²) in [5, 5.41) is 2.65. The fraction of sp³-hybridized carbons (Fsp3) is 0.640. The Morgan fingerprint density at radius 1 is 1.08 bits per heavy atom. The summed E-state index contributed by atoms with van der Waals surface area (Å²) in [4.78, 5) is 43.4. The van der Waals surface area contributed by atoms with Crippen molar-refractivity contribution in [2.75, 3.05) is 13.2 Å². The number of hydrogen-bond donors (Lipinski definition) is 3. The molecule has 39 heavy (non-hydrogen) atoms. The van der Waals surface area contributed by atoms with Crippen molar-refractivity contribution in [3.8, 4) is 0 Å². The van der Waals surface area contributed by atoms with Crippen molar-refractivity contribution in [3.05, 3.63) is 33.7 Å². The summed E-state index contributed by atoms with van der Waals surface area (Å²) in [6.07, 6.45) is -8.92.